The number of hydrogen-bond donors (Lipinski definition) is 1. The number of aromatic nitrogens is 1. The average molecular weight is 391 g/mol. The number of oxazole rings is 1. The van der Waals surface area contributed by atoms with Gasteiger partial charge in [0.15, 0.2) is 6.61 Å². The summed E-state index contributed by atoms with van der Waals surface area (Å²) in [4.78, 5) is 16.7. The van der Waals surface area contributed by atoms with Crippen LogP contribution in [0.1, 0.15) is 56.1 Å². The molecule has 1 N–H and O–H groups in total. The molecule has 2 aromatic rings. The van der Waals surface area contributed by atoms with E-state index < -0.39 is 5.82 Å². The van der Waals surface area contributed by atoms with Gasteiger partial charge >= 0.3 is 0 Å². The highest BCUT2D eigenvalue weighted by molar-refractivity contribution is 6.30. The van der Waals surface area contributed by atoms with Gasteiger partial charge in [-0.1, -0.05) is 18.0 Å². The first kappa shape index (κ1) is 17.0. The summed E-state index contributed by atoms with van der Waals surface area (Å²) in [6, 6.07) is 4.12. The molecule has 2 bridgehead atoms. The largest absolute Gasteiger partial charge is 0.484 e. The molecule has 6 rings (SSSR count). The minimum Gasteiger partial charge on any atom is -0.484 e. The second kappa shape index (κ2) is 5.96. The Morgan fingerprint density at radius 2 is 2.15 bits per heavy atom. The first-order valence-corrected chi connectivity index (χ1v) is 9.70. The van der Waals surface area contributed by atoms with Crippen molar-refractivity contribution < 1.29 is 18.3 Å². The Kier molecular flexibility index (Phi) is 3.76. The van der Waals surface area contributed by atoms with Crippen LogP contribution in [0.4, 0.5) is 4.39 Å². The van der Waals surface area contributed by atoms with Crippen molar-refractivity contribution in [3.63, 3.8) is 0 Å². The lowest BCUT2D eigenvalue weighted by Crippen LogP contribution is -2.77. The van der Waals surface area contributed by atoms with Gasteiger partial charge in [0.25, 0.3) is 5.91 Å². The molecule has 4 saturated carbocycles. The van der Waals surface area contributed by atoms with Gasteiger partial charge < -0.3 is 14.5 Å². The molecular weight excluding hydrogens is 371 g/mol. The Morgan fingerprint density at radius 3 is 2.81 bits per heavy atom. The van der Waals surface area contributed by atoms with E-state index >= 15 is 0 Å². The zero-order valence-electron chi connectivity index (χ0n) is 14.8. The molecule has 1 amide bonds. The van der Waals surface area contributed by atoms with Crippen LogP contribution in [0.15, 0.2) is 28.8 Å². The topological polar surface area (TPSA) is 64.4 Å². The molecule has 4 aliphatic carbocycles. The first-order valence-electron chi connectivity index (χ1n) is 9.32. The van der Waals surface area contributed by atoms with E-state index in [0.717, 1.165) is 30.9 Å². The second-order valence-electron chi connectivity index (χ2n) is 8.20. The van der Waals surface area contributed by atoms with Crippen LogP contribution in [0, 0.1) is 5.82 Å². The summed E-state index contributed by atoms with van der Waals surface area (Å²) in [7, 11) is 0. The Labute approximate surface area is 161 Å². The average Bonchev–Trinajstić information content (AvgIpc) is 2.98. The third kappa shape index (κ3) is 2.81. The first-order chi connectivity index (χ1) is 13.0. The van der Waals surface area contributed by atoms with Crippen LogP contribution < -0.4 is 10.1 Å². The van der Waals surface area contributed by atoms with E-state index in [1.165, 1.54) is 37.5 Å². The highest BCUT2D eigenvalue weighted by Gasteiger charge is 2.71. The molecule has 27 heavy (non-hydrogen) atoms. The van der Waals surface area contributed by atoms with Crippen molar-refractivity contribution in [2.45, 2.75) is 55.4 Å². The van der Waals surface area contributed by atoms with Crippen molar-refractivity contribution in [2.24, 2.45) is 0 Å². The molecule has 0 saturated heterocycles. The van der Waals surface area contributed by atoms with E-state index in [1.807, 2.05) is 6.20 Å². The second-order valence-corrected chi connectivity index (χ2v) is 8.61. The zero-order chi connectivity index (χ0) is 18.6. The summed E-state index contributed by atoms with van der Waals surface area (Å²) >= 11 is 5.63. The van der Waals surface area contributed by atoms with E-state index in [9.17, 15) is 9.18 Å². The van der Waals surface area contributed by atoms with Crippen molar-refractivity contribution in [3.8, 4) is 5.75 Å². The van der Waals surface area contributed by atoms with Gasteiger partial charge in [0, 0.05) is 17.5 Å². The maximum Gasteiger partial charge on any atom is 0.258 e. The molecule has 142 valence electrons. The number of hydrogen-bond acceptors (Lipinski definition) is 4. The number of carbonyl (C=O) groups is 1. The van der Waals surface area contributed by atoms with Crippen LogP contribution in [0.5, 0.6) is 5.75 Å². The van der Waals surface area contributed by atoms with Gasteiger partial charge in [0.2, 0.25) is 5.89 Å². The minimum absolute atomic E-state index is 0.00452. The summed E-state index contributed by atoms with van der Waals surface area (Å²) in [5.74, 6) is 1.90. The predicted molar refractivity (Wildman–Crippen MR) is 96.4 cm³/mol. The van der Waals surface area contributed by atoms with E-state index in [1.54, 1.807) is 0 Å². The molecule has 5 nitrogen and oxygen atoms in total. The lowest BCUT2D eigenvalue weighted by molar-refractivity contribution is -0.143. The summed E-state index contributed by atoms with van der Waals surface area (Å²) in [5, 5.41) is 3.07. The molecular formula is C20H20ClFN2O3. The SMILES string of the molecule is O=C(COc1ccc(Cl)c(F)c1)NC12CC(c3ncc(C4CCC4)o3)(C1)C2. The van der Waals surface area contributed by atoms with Crippen LogP contribution in [-0.4, -0.2) is 23.0 Å². The number of rotatable bonds is 6. The maximum atomic E-state index is 13.4. The number of carbonyl (C=O) groups excluding carboxylic acids is 1. The van der Waals surface area contributed by atoms with Gasteiger partial charge in [0.1, 0.15) is 17.3 Å². The number of nitrogens with one attached hydrogen (secondary N) is 1. The van der Waals surface area contributed by atoms with E-state index in [-0.39, 0.29) is 34.2 Å². The Morgan fingerprint density at radius 1 is 1.37 bits per heavy atom. The summed E-state index contributed by atoms with van der Waals surface area (Å²) in [6.07, 6.45) is 8.09. The molecule has 0 radical (unpaired) electrons. The molecule has 0 spiro atoms. The van der Waals surface area contributed by atoms with Crippen LogP contribution >= 0.6 is 11.6 Å². The smallest absolute Gasteiger partial charge is 0.258 e. The van der Waals surface area contributed by atoms with Crippen molar-refractivity contribution in [1.82, 2.24) is 10.3 Å². The number of benzene rings is 1. The molecule has 1 aromatic carbocycles. The van der Waals surface area contributed by atoms with Crippen LogP contribution in [0.3, 0.4) is 0 Å². The normalized spacial score (nSPS) is 28.7. The fourth-order valence-electron chi connectivity index (χ4n) is 4.61. The molecule has 1 heterocycles. The van der Waals surface area contributed by atoms with Crippen LogP contribution in [0.25, 0.3) is 0 Å². The highest BCUT2D eigenvalue weighted by Crippen LogP contribution is 2.67. The highest BCUT2D eigenvalue weighted by atomic mass is 35.5. The number of halogens is 2. The number of nitrogens with zero attached hydrogens (tertiary/aromatic N) is 1. The molecule has 7 heteroatoms. The zero-order valence-corrected chi connectivity index (χ0v) is 15.5. The van der Waals surface area contributed by atoms with Crippen molar-refractivity contribution in [3.05, 3.63) is 46.9 Å². The van der Waals surface area contributed by atoms with Gasteiger partial charge in [-0.2, -0.15) is 0 Å². The van der Waals surface area contributed by atoms with E-state index in [4.69, 9.17) is 20.8 Å². The Bertz CT molecular complexity index is 889. The lowest BCUT2D eigenvalue weighted by Gasteiger charge is -2.68. The van der Waals surface area contributed by atoms with E-state index in [2.05, 4.69) is 10.3 Å². The van der Waals surface area contributed by atoms with Crippen molar-refractivity contribution in [1.29, 1.82) is 0 Å². The van der Waals surface area contributed by atoms with Crippen LogP contribution in [-0.2, 0) is 10.2 Å². The van der Waals surface area contributed by atoms with E-state index in [0.29, 0.717) is 5.92 Å². The third-order valence-electron chi connectivity index (χ3n) is 6.18. The van der Waals surface area contributed by atoms with Gasteiger partial charge in [-0.25, -0.2) is 9.37 Å². The number of amides is 1. The monoisotopic (exact) mass is 390 g/mol. The predicted octanol–water partition coefficient (Wildman–Crippen LogP) is 4.10. The third-order valence-corrected chi connectivity index (χ3v) is 6.49. The molecule has 1 aromatic heterocycles. The maximum absolute atomic E-state index is 13.4. The van der Waals surface area contributed by atoms with Crippen molar-refractivity contribution >= 4 is 17.5 Å². The molecule has 0 atom stereocenters. The minimum atomic E-state index is -0.567. The molecule has 4 aliphatic rings. The molecule has 0 aliphatic heterocycles. The summed E-state index contributed by atoms with van der Waals surface area (Å²) < 4.78 is 24.8. The Hall–Kier alpha value is -2.08. The quantitative estimate of drug-likeness (QED) is 0.806. The van der Waals surface area contributed by atoms with Gasteiger partial charge in [-0.15, -0.1) is 0 Å². The Balaban J connectivity index is 1.13. The van der Waals surface area contributed by atoms with Gasteiger partial charge in [0.05, 0.1) is 16.6 Å². The number of ether oxygens (including phenoxy) is 1. The molecule has 0 unspecified atom stereocenters. The fraction of sp³-hybridized carbons (Fsp3) is 0.500. The van der Waals surface area contributed by atoms with Crippen LogP contribution in [0.2, 0.25) is 5.02 Å². The van der Waals surface area contributed by atoms with Crippen molar-refractivity contribution in [2.75, 3.05) is 6.61 Å². The van der Waals surface area contributed by atoms with Gasteiger partial charge in [-0.3, -0.25) is 4.79 Å². The summed E-state index contributed by atoms with van der Waals surface area (Å²) in [6.45, 7) is -0.152. The fourth-order valence-corrected chi connectivity index (χ4v) is 4.73. The standard InChI is InChI=1S/C20H20ClFN2O3/c21-14-5-4-13(6-15(14)22)26-8-17(25)24-20-9-19(10-20,11-20)18-23-7-16(27-18)12-2-1-3-12/h4-7,12H,1-3,8-11H2,(H,24,25). The lowest BCUT2D eigenvalue weighted by atomic mass is 9.39. The molecule has 4 fully saturated rings. The summed E-state index contributed by atoms with van der Waals surface area (Å²) in [5.41, 5.74) is -0.174. The van der Waals surface area contributed by atoms with Gasteiger partial charge in [-0.05, 0) is 44.2 Å².